The number of hydrogen-bond acceptors (Lipinski definition) is 7. The van der Waals surface area contributed by atoms with E-state index in [4.69, 9.17) is 4.74 Å². The zero-order valence-corrected chi connectivity index (χ0v) is 21.8. The maximum Gasteiger partial charge on any atom is 0.263 e. The summed E-state index contributed by atoms with van der Waals surface area (Å²) in [5, 5.41) is 10.1. The normalized spacial score (nSPS) is 17.0. The first-order valence-electron chi connectivity index (χ1n) is 12.1. The van der Waals surface area contributed by atoms with Crippen LogP contribution in [-0.4, -0.2) is 69.0 Å². The highest BCUT2D eigenvalue weighted by Crippen LogP contribution is 2.38. The topological polar surface area (TPSA) is 103 Å². The molecule has 3 amide bonds. The maximum atomic E-state index is 13.2. The number of fused-ring (bicyclic) bond motifs is 4. The van der Waals surface area contributed by atoms with E-state index in [1.807, 2.05) is 44.1 Å². The van der Waals surface area contributed by atoms with Gasteiger partial charge in [0.05, 0.1) is 17.9 Å². The van der Waals surface area contributed by atoms with Gasteiger partial charge in [0.1, 0.15) is 17.2 Å². The minimum Gasteiger partial charge on any atom is -0.490 e. The number of anilines is 3. The van der Waals surface area contributed by atoms with Crippen LogP contribution >= 0.6 is 11.3 Å². The Balaban J connectivity index is 1.38. The summed E-state index contributed by atoms with van der Waals surface area (Å²) in [7, 11) is 3.88. The molecule has 37 heavy (non-hydrogen) atoms. The highest BCUT2D eigenvalue weighted by atomic mass is 32.1. The largest absolute Gasteiger partial charge is 0.490 e. The third-order valence-corrected chi connectivity index (χ3v) is 7.37. The summed E-state index contributed by atoms with van der Waals surface area (Å²) in [4.78, 5) is 42.8. The zero-order chi connectivity index (χ0) is 26.1. The Hall–Kier alpha value is -3.89. The van der Waals surface area contributed by atoms with Gasteiger partial charge in [-0.3, -0.25) is 14.4 Å². The Bertz CT molecular complexity index is 1410. The molecule has 2 aliphatic heterocycles. The van der Waals surface area contributed by atoms with E-state index in [-0.39, 0.29) is 23.8 Å². The lowest BCUT2D eigenvalue weighted by Crippen LogP contribution is -2.37. The fourth-order valence-electron chi connectivity index (χ4n) is 4.35. The van der Waals surface area contributed by atoms with Crippen LogP contribution in [0, 0.1) is 0 Å². The van der Waals surface area contributed by atoms with Crippen LogP contribution in [0.4, 0.5) is 17.1 Å². The predicted molar refractivity (Wildman–Crippen MR) is 147 cm³/mol. The fraction of sp³-hybridized carbons (Fsp3) is 0.296. The Morgan fingerprint density at radius 1 is 1.24 bits per heavy atom. The molecule has 1 aromatic heterocycles. The molecule has 5 rings (SSSR count). The molecule has 9 nitrogen and oxygen atoms in total. The highest BCUT2D eigenvalue weighted by Gasteiger charge is 2.25. The number of amides is 3. The van der Waals surface area contributed by atoms with Gasteiger partial charge in [0.15, 0.2) is 0 Å². The second-order valence-corrected chi connectivity index (χ2v) is 10.5. The second-order valence-electron chi connectivity index (χ2n) is 9.41. The van der Waals surface area contributed by atoms with Crippen LogP contribution in [0.1, 0.15) is 27.0 Å². The van der Waals surface area contributed by atoms with Gasteiger partial charge in [-0.2, -0.15) is 0 Å². The van der Waals surface area contributed by atoms with Crippen LogP contribution in [0.3, 0.4) is 0 Å². The summed E-state index contributed by atoms with van der Waals surface area (Å²) in [6.45, 7) is 4.05. The van der Waals surface area contributed by atoms with Gasteiger partial charge < -0.3 is 30.5 Å². The molecule has 0 aliphatic carbocycles. The first-order valence-corrected chi connectivity index (χ1v) is 12.9. The van der Waals surface area contributed by atoms with Crippen molar-refractivity contribution in [3.8, 4) is 5.75 Å². The number of carbonyl (C=O) groups excluding carboxylic acids is 3. The van der Waals surface area contributed by atoms with E-state index in [1.54, 1.807) is 35.2 Å². The molecule has 2 aromatic carbocycles. The minimum absolute atomic E-state index is 0.0107. The van der Waals surface area contributed by atoms with Crippen molar-refractivity contribution >= 4 is 56.2 Å². The standard InChI is InChI=1S/C27H29N5O4S/c1-16-15-28-24-19-13-17(6-9-22(19)37-25(24)27(35)29-16)26(34)30-18-7-8-21-20(14-18)32(11-12-36-21)23(33)5-4-10-31(2)3/h4-9,13-14,16,28H,10-12,15H2,1-3H3,(H,29,35)(H,30,34)/b5-4+/t16-/m1/s1. The number of nitrogens with zero attached hydrogens (tertiary/aromatic N) is 2. The third-order valence-electron chi connectivity index (χ3n) is 6.20. The van der Waals surface area contributed by atoms with Crippen molar-refractivity contribution in [3.63, 3.8) is 0 Å². The van der Waals surface area contributed by atoms with E-state index >= 15 is 0 Å². The smallest absolute Gasteiger partial charge is 0.263 e. The number of ether oxygens (including phenoxy) is 1. The van der Waals surface area contributed by atoms with Crippen LogP contribution in [0.5, 0.6) is 5.75 Å². The second kappa shape index (κ2) is 10.2. The molecule has 0 unspecified atom stereocenters. The molecule has 10 heteroatoms. The first kappa shape index (κ1) is 24.8. The van der Waals surface area contributed by atoms with Gasteiger partial charge in [-0.05, 0) is 57.4 Å². The van der Waals surface area contributed by atoms with Gasteiger partial charge in [0.2, 0.25) is 0 Å². The molecule has 0 saturated carbocycles. The third kappa shape index (κ3) is 5.16. The van der Waals surface area contributed by atoms with E-state index in [9.17, 15) is 14.4 Å². The van der Waals surface area contributed by atoms with Crippen molar-refractivity contribution in [3.05, 3.63) is 59.0 Å². The number of likely N-dealkylation sites (N-methyl/N-ethyl adjacent to an activating group) is 1. The lowest BCUT2D eigenvalue weighted by molar-refractivity contribution is -0.114. The number of thiophene rings is 1. The molecule has 192 valence electrons. The molecule has 0 spiro atoms. The monoisotopic (exact) mass is 519 g/mol. The van der Waals surface area contributed by atoms with Gasteiger partial charge >= 0.3 is 0 Å². The van der Waals surface area contributed by atoms with Crippen molar-refractivity contribution in [1.29, 1.82) is 0 Å². The van der Waals surface area contributed by atoms with E-state index in [2.05, 4.69) is 16.0 Å². The molecule has 0 fully saturated rings. The molecule has 3 aromatic rings. The highest BCUT2D eigenvalue weighted by molar-refractivity contribution is 7.21. The molecule has 2 aliphatic rings. The Labute approximate surface area is 219 Å². The summed E-state index contributed by atoms with van der Waals surface area (Å²) in [6.07, 6.45) is 3.39. The Kier molecular flexibility index (Phi) is 6.86. The number of hydrogen-bond donors (Lipinski definition) is 3. The lowest BCUT2D eigenvalue weighted by atomic mass is 10.1. The number of carbonyl (C=O) groups is 3. The quantitative estimate of drug-likeness (QED) is 0.446. The SMILES string of the molecule is C[C@@H]1CNc2c(sc3ccc(C(=O)Nc4ccc5c(c4)N(C(=O)/C=C/CN(C)C)CCO5)cc23)C(=O)N1. The molecule has 3 N–H and O–H groups in total. The molecular formula is C27H29N5O4S. The van der Waals surface area contributed by atoms with Crippen molar-refractivity contribution < 1.29 is 19.1 Å². The van der Waals surface area contributed by atoms with E-state index < -0.39 is 0 Å². The van der Waals surface area contributed by atoms with Crippen LogP contribution in [0.25, 0.3) is 10.1 Å². The molecule has 0 bridgehead atoms. The average molecular weight is 520 g/mol. The maximum absolute atomic E-state index is 13.2. The Morgan fingerprint density at radius 2 is 2.08 bits per heavy atom. The van der Waals surface area contributed by atoms with E-state index in [0.29, 0.717) is 53.8 Å². The van der Waals surface area contributed by atoms with Gasteiger partial charge in [-0.25, -0.2) is 0 Å². The van der Waals surface area contributed by atoms with Gasteiger partial charge in [-0.15, -0.1) is 11.3 Å². The molecule has 0 radical (unpaired) electrons. The summed E-state index contributed by atoms with van der Waals surface area (Å²) < 4.78 is 6.66. The number of benzene rings is 2. The number of nitrogens with one attached hydrogen (secondary N) is 3. The van der Waals surface area contributed by atoms with Gasteiger partial charge in [0, 0.05) is 46.5 Å². The van der Waals surface area contributed by atoms with Crippen LogP contribution in [0.2, 0.25) is 0 Å². The predicted octanol–water partition coefficient (Wildman–Crippen LogP) is 3.54. The zero-order valence-electron chi connectivity index (χ0n) is 21.0. The summed E-state index contributed by atoms with van der Waals surface area (Å²) in [5.41, 5.74) is 2.41. The lowest BCUT2D eigenvalue weighted by Gasteiger charge is -2.29. The molecular weight excluding hydrogens is 490 g/mol. The first-order chi connectivity index (χ1) is 17.8. The number of rotatable bonds is 5. The molecule has 0 saturated heterocycles. The fourth-order valence-corrected chi connectivity index (χ4v) is 5.41. The van der Waals surface area contributed by atoms with Gasteiger partial charge in [-0.1, -0.05) is 6.08 Å². The van der Waals surface area contributed by atoms with Gasteiger partial charge in [0.25, 0.3) is 17.7 Å². The van der Waals surface area contributed by atoms with Crippen molar-refractivity contribution in [2.45, 2.75) is 13.0 Å². The van der Waals surface area contributed by atoms with E-state index in [1.165, 1.54) is 11.3 Å². The van der Waals surface area contributed by atoms with Crippen LogP contribution in [-0.2, 0) is 4.79 Å². The summed E-state index contributed by atoms with van der Waals surface area (Å²) in [6, 6.07) is 10.7. The van der Waals surface area contributed by atoms with Crippen LogP contribution < -0.4 is 25.6 Å². The average Bonchev–Trinajstić information content (AvgIpc) is 3.17. The van der Waals surface area contributed by atoms with Crippen LogP contribution in [0.15, 0.2) is 48.6 Å². The van der Waals surface area contributed by atoms with E-state index in [0.717, 1.165) is 15.8 Å². The van der Waals surface area contributed by atoms with Crippen molar-refractivity contribution in [2.24, 2.45) is 0 Å². The van der Waals surface area contributed by atoms with Crippen molar-refractivity contribution in [1.82, 2.24) is 10.2 Å². The molecule has 3 heterocycles. The molecule has 1 atom stereocenters. The summed E-state index contributed by atoms with van der Waals surface area (Å²) >= 11 is 1.41. The Morgan fingerprint density at radius 3 is 2.89 bits per heavy atom. The van der Waals surface area contributed by atoms with Crippen molar-refractivity contribution in [2.75, 3.05) is 55.9 Å². The summed E-state index contributed by atoms with van der Waals surface area (Å²) in [5.74, 6) is 0.0734. The minimum atomic E-state index is -0.284.